The highest BCUT2D eigenvalue weighted by Gasteiger charge is 2.22. The molecule has 0 aliphatic carbocycles. The molecule has 1 aromatic rings. The second-order valence-electron chi connectivity index (χ2n) is 6.51. The molecule has 1 unspecified atom stereocenters. The van der Waals surface area contributed by atoms with E-state index in [9.17, 15) is 5.11 Å². The second-order valence-corrected chi connectivity index (χ2v) is 6.51. The quantitative estimate of drug-likeness (QED) is 0.860. The predicted molar refractivity (Wildman–Crippen MR) is 76.9 cm³/mol. The number of benzene rings is 1. The smallest absolute Gasteiger partial charge is 0.0810 e. The summed E-state index contributed by atoms with van der Waals surface area (Å²) in [6.07, 6.45) is 2.83. The summed E-state index contributed by atoms with van der Waals surface area (Å²) < 4.78 is 0. The monoisotopic (exact) mass is 247 g/mol. The molecule has 2 heteroatoms. The zero-order chi connectivity index (χ0) is 13.2. The van der Waals surface area contributed by atoms with Gasteiger partial charge in [0, 0.05) is 24.3 Å². The van der Waals surface area contributed by atoms with Gasteiger partial charge in [-0.05, 0) is 30.7 Å². The molecule has 100 valence electrons. The van der Waals surface area contributed by atoms with Gasteiger partial charge in [0.25, 0.3) is 0 Å². The van der Waals surface area contributed by atoms with Gasteiger partial charge in [0.05, 0.1) is 6.10 Å². The van der Waals surface area contributed by atoms with E-state index in [0.29, 0.717) is 5.41 Å². The van der Waals surface area contributed by atoms with Crippen molar-refractivity contribution in [3.63, 3.8) is 0 Å². The molecule has 1 N–H and O–H groups in total. The van der Waals surface area contributed by atoms with Crippen molar-refractivity contribution in [1.29, 1.82) is 0 Å². The summed E-state index contributed by atoms with van der Waals surface area (Å²) in [6.45, 7) is 8.99. The van der Waals surface area contributed by atoms with Gasteiger partial charge >= 0.3 is 0 Å². The van der Waals surface area contributed by atoms with Crippen molar-refractivity contribution in [3.8, 4) is 0 Å². The van der Waals surface area contributed by atoms with Gasteiger partial charge in [-0.15, -0.1) is 0 Å². The molecule has 0 bridgehead atoms. The molecule has 1 heterocycles. The maximum atomic E-state index is 10.2. The van der Waals surface area contributed by atoms with Crippen molar-refractivity contribution in [3.05, 3.63) is 29.8 Å². The number of aliphatic hydroxyl groups excluding tert-OH is 1. The van der Waals surface area contributed by atoms with Crippen LogP contribution >= 0.6 is 0 Å². The standard InChI is InChI=1S/C16H25NO/c1-16(2,3)10-12-17-11-6-9-15(18)13-7-4-5-8-14(13)17/h4-5,7-8,15,18H,6,9-12H2,1-3H3. The average Bonchev–Trinajstić information content (AvgIpc) is 2.46. The van der Waals surface area contributed by atoms with Crippen molar-refractivity contribution >= 4 is 5.69 Å². The number of aliphatic hydroxyl groups is 1. The van der Waals surface area contributed by atoms with E-state index in [2.05, 4.69) is 43.9 Å². The number of nitrogens with zero attached hydrogens (tertiary/aromatic N) is 1. The molecule has 2 nitrogen and oxygen atoms in total. The Hall–Kier alpha value is -1.02. The number of anilines is 1. The lowest BCUT2D eigenvalue weighted by atomic mass is 9.92. The summed E-state index contributed by atoms with van der Waals surface area (Å²) in [5.74, 6) is 0. The summed E-state index contributed by atoms with van der Waals surface area (Å²) >= 11 is 0. The zero-order valence-corrected chi connectivity index (χ0v) is 11.8. The Bertz CT molecular complexity index is 394. The van der Waals surface area contributed by atoms with Crippen molar-refractivity contribution < 1.29 is 5.11 Å². The van der Waals surface area contributed by atoms with Crippen LogP contribution in [-0.4, -0.2) is 18.2 Å². The summed E-state index contributed by atoms with van der Waals surface area (Å²) in [5, 5.41) is 10.2. The molecule has 0 aromatic heterocycles. The van der Waals surface area contributed by atoms with Crippen LogP contribution in [0.1, 0.15) is 51.7 Å². The summed E-state index contributed by atoms with van der Waals surface area (Å²) in [6, 6.07) is 8.30. The van der Waals surface area contributed by atoms with Gasteiger partial charge in [-0.2, -0.15) is 0 Å². The Morgan fingerprint density at radius 1 is 1.28 bits per heavy atom. The van der Waals surface area contributed by atoms with E-state index < -0.39 is 0 Å². The maximum absolute atomic E-state index is 10.2. The van der Waals surface area contributed by atoms with Crippen LogP contribution < -0.4 is 4.90 Å². The Morgan fingerprint density at radius 2 is 2.00 bits per heavy atom. The van der Waals surface area contributed by atoms with Gasteiger partial charge in [0.1, 0.15) is 0 Å². The van der Waals surface area contributed by atoms with Crippen LogP contribution in [0.2, 0.25) is 0 Å². The van der Waals surface area contributed by atoms with Crippen molar-refractivity contribution in [2.45, 2.75) is 46.1 Å². The lowest BCUT2D eigenvalue weighted by Crippen LogP contribution is -2.28. The van der Waals surface area contributed by atoms with Crippen LogP contribution in [0, 0.1) is 5.41 Å². The lowest BCUT2D eigenvalue weighted by molar-refractivity contribution is 0.168. The Morgan fingerprint density at radius 3 is 2.72 bits per heavy atom. The first kappa shape index (κ1) is 13.4. The topological polar surface area (TPSA) is 23.5 Å². The fourth-order valence-corrected chi connectivity index (χ4v) is 2.51. The third kappa shape index (κ3) is 3.26. The van der Waals surface area contributed by atoms with Crippen LogP contribution in [0.3, 0.4) is 0 Å². The minimum absolute atomic E-state index is 0.291. The van der Waals surface area contributed by atoms with Gasteiger partial charge in [-0.3, -0.25) is 0 Å². The van der Waals surface area contributed by atoms with E-state index in [0.717, 1.165) is 31.5 Å². The highest BCUT2D eigenvalue weighted by molar-refractivity contribution is 5.55. The number of fused-ring (bicyclic) bond motifs is 1. The molecule has 18 heavy (non-hydrogen) atoms. The maximum Gasteiger partial charge on any atom is 0.0810 e. The molecule has 0 spiro atoms. The summed E-state index contributed by atoms with van der Waals surface area (Å²) in [4.78, 5) is 2.44. The molecule has 0 radical (unpaired) electrons. The molecule has 1 aromatic carbocycles. The Kier molecular flexibility index (Phi) is 3.96. The third-order valence-electron chi connectivity index (χ3n) is 3.67. The molecule has 1 aliphatic heterocycles. The number of hydrogen-bond acceptors (Lipinski definition) is 2. The highest BCUT2D eigenvalue weighted by Crippen LogP contribution is 2.33. The van der Waals surface area contributed by atoms with Gasteiger partial charge in [-0.1, -0.05) is 39.0 Å². The molecule has 1 aliphatic rings. The Labute approximate surface area is 111 Å². The first-order chi connectivity index (χ1) is 8.47. The largest absolute Gasteiger partial charge is 0.388 e. The molecule has 1 atom stereocenters. The molecular weight excluding hydrogens is 222 g/mol. The fourth-order valence-electron chi connectivity index (χ4n) is 2.51. The zero-order valence-electron chi connectivity index (χ0n) is 11.8. The van der Waals surface area contributed by atoms with Crippen LogP contribution in [0.15, 0.2) is 24.3 Å². The van der Waals surface area contributed by atoms with Crippen LogP contribution in [0.5, 0.6) is 0 Å². The molecule has 0 amide bonds. The van der Waals surface area contributed by atoms with Gasteiger partial charge in [0.15, 0.2) is 0 Å². The van der Waals surface area contributed by atoms with Gasteiger partial charge < -0.3 is 10.0 Å². The minimum Gasteiger partial charge on any atom is -0.388 e. The Balaban J connectivity index is 2.18. The normalized spacial score (nSPS) is 20.4. The van der Waals surface area contributed by atoms with Crippen LogP contribution in [0.4, 0.5) is 5.69 Å². The number of rotatable bonds is 2. The predicted octanol–water partition coefficient (Wildman–Crippen LogP) is 3.76. The van der Waals surface area contributed by atoms with E-state index >= 15 is 0 Å². The SMILES string of the molecule is CC(C)(C)CCN1CCCC(O)c2ccccc21. The van der Waals surface area contributed by atoms with Gasteiger partial charge in [-0.25, -0.2) is 0 Å². The summed E-state index contributed by atoms with van der Waals surface area (Å²) in [5.41, 5.74) is 2.69. The second kappa shape index (κ2) is 5.31. The minimum atomic E-state index is -0.291. The van der Waals surface area contributed by atoms with E-state index in [1.165, 1.54) is 12.1 Å². The van der Waals surface area contributed by atoms with Crippen molar-refractivity contribution in [2.24, 2.45) is 5.41 Å². The average molecular weight is 247 g/mol. The first-order valence-corrected chi connectivity index (χ1v) is 6.99. The lowest BCUT2D eigenvalue weighted by Gasteiger charge is -2.29. The number of hydrogen-bond donors (Lipinski definition) is 1. The van der Waals surface area contributed by atoms with E-state index in [-0.39, 0.29) is 6.10 Å². The van der Waals surface area contributed by atoms with Crippen LogP contribution in [0.25, 0.3) is 0 Å². The fraction of sp³-hybridized carbons (Fsp3) is 0.625. The highest BCUT2D eigenvalue weighted by atomic mass is 16.3. The molecule has 2 rings (SSSR count). The molecular formula is C16H25NO. The summed E-state index contributed by atoms with van der Waals surface area (Å²) in [7, 11) is 0. The third-order valence-corrected chi connectivity index (χ3v) is 3.67. The first-order valence-electron chi connectivity index (χ1n) is 6.99. The van der Waals surface area contributed by atoms with E-state index in [1.54, 1.807) is 0 Å². The van der Waals surface area contributed by atoms with E-state index in [1.807, 2.05) is 6.07 Å². The van der Waals surface area contributed by atoms with Crippen molar-refractivity contribution in [2.75, 3.05) is 18.0 Å². The molecule has 0 fully saturated rings. The number of para-hydroxylation sites is 1. The molecule has 0 saturated heterocycles. The molecule has 0 saturated carbocycles. The van der Waals surface area contributed by atoms with Crippen molar-refractivity contribution in [1.82, 2.24) is 0 Å². The van der Waals surface area contributed by atoms with Gasteiger partial charge in [0.2, 0.25) is 0 Å². The van der Waals surface area contributed by atoms with Crippen LogP contribution in [-0.2, 0) is 0 Å². The van der Waals surface area contributed by atoms with E-state index in [4.69, 9.17) is 0 Å².